The molecule has 1 aliphatic heterocycles. The van der Waals surface area contributed by atoms with Crippen LogP contribution in [0.15, 0.2) is 42.6 Å². The number of nitrogens with zero attached hydrogens (tertiary/aromatic N) is 3. The van der Waals surface area contributed by atoms with Crippen LogP contribution in [0, 0.1) is 17.5 Å². The standard InChI is InChI=1S/C21H18ClF3N4O/c1-28-11-16(22)20(27-28)12-2-4-15(18(24)8-12)21(30)26-13-6-7-29(10-13)14-3-5-17(23)19(25)9-14/h2-5,8-9,11,13H,6-7,10H2,1H3,(H,26,30). The molecule has 3 aromatic rings. The number of hydrogen-bond acceptors (Lipinski definition) is 3. The van der Waals surface area contributed by atoms with Crippen LogP contribution >= 0.6 is 11.6 Å². The van der Waals surface area contributed by atoms with E-state index in [1.54, 1.807) is 19.3 Å². The summed E-state index contributed by atoms with van der Waals surface area (Å²) in [6.07, 6.45) is 2.21. The second-order valence-electron chi connectivity index (χ2n) is 7.20. The van der Waals surface area contributed by atoms with Crippen molar-refractivity contribution in [1.82, 2.24) is 15.1 Å². The van der Waals surface area contributed by atoms with Crippen molar-refractivity contribution in [2.24, 2.45) is 7.05 Å². The highest BCUT2D eigenvalue weighted by atomic mass is 35.5. The van der Waals surface area contributed by atoms with Gasteiger partial charge in [0.25, 0.3) is 5.91 Å². The highest BCUT2D eigenvalue weighted by Gasteiger charge is 2.26. The summed E-state index contributed by atoms with van der Waals surface area (Å²) in [4.78, 5) is 14.4. The SMILES string of the molecule is Cn1cc(Cl)c(-c2ccc(C(=O)NC3CCN(c4ccc(F)c(F)c4)C3)c(F)c2)n1. The van der Waals surface area contributed by atoms with E-state index in [-0.39, 0.29) is 11.6 Å². The zero-order chi connectivity index (χ0) is 21.4. The van der Waals surface area contributed by atoms with Crippen LogP contribution in [-0.2, 0) is 7.05 Å². The van der Waals surface area contributed by atoms with E-state index < -0.39 is 23.4 Å². The molecule has 0 spiro atoms. The Balaban J connectivity index is 1.44. The highest BCUT2D eigenvalue weighted by Crippen LogP contribution is 2.28. The normalized spacial score (nSPS) is 16.2. The third-order valence-corrected chi connectivity index (χ3v) is 5.34. The van der Waals surface area contributed by atoms with E-state index in [0.29, 0.717) is 41.5 Å². The van der Waals surface area contributed by atoms with Crippen LogP contribution in [0.2, 0.25) is 5.02 Å². The van der Waals surface area contributed by atoms with E-state index in [1.165, 1.54) is 22.9 Å². The van der Waals surface area contributed by atoms with E-state index in [2.05, 4.69) is 10.4 Å². The van der Waals surface area contributed by atoms with Crippen molar-refractivity contribution in [2.75, 3.05) is 18.0 Å². The van der Waals surface area contributed by atoms with Crippen molar-refractivity contribution >= 4 is 23.2 Å². The Morgan fingerprint density at radius 2 is 1.93 bits per heavy atom. The van der Waals surface area contributed by atoms with Crippen LogP contribution in [0.4, 0.5) is 18.9 Å². The number of hydrogen-bond donors (Lipinski definition) is 1. The molecule has 1 N–H and O–H groups in total. The van der Waals surface area contributed by atoms with Gasteiger partial charge in [0.05, 0.1) is 10.6 Å². The fraction of sp³-hybridized carbons (Fsp3) is 0.238. The largest absolute Gasteiger partial charge is 0.369 e. The van der Waals surface area contributed by atoms with Crippen LogP contribution in [0.25, 0.3) is 11.3 Å². The van der Waals surface area contributed by atoms with Gasteiger partial charge in [-0.2, -0.15) is 5.10 Å². The van der Waals surface area contributed by atoms with Gasteiger partial charge < -0.3 is 10.2 Å². The number of amides is 1. The number of aromatic nitrogens is 2. The van der Waals surface area contributed by atoms with Crippen LogP contribution in [0.3, 0.4) is 0 Å². The molecule has 0 bridgehead atoms. The Morgan fingerprint density at radius 1 is 1.13 bits per heavy atom. The van der Waals surface area contributed by atoms with E-state index >= 15 is 0 Å². The van der Waals surface area contributed by atoms with Crippen molar-refractivity contribution < 1.29 is 18.0 Å². The first kappa shape index (κ1) is 20.3. The number of halogens is 4. The summed E-state index contributed by atoms with van der Waals surface area (Å²) in [5, 5.41) is 7.38. The van der Waals surface area contributed by atoms with Gasteiger partial charge in [-0.05, 0) is 30.7 Å². The molecule has 0 saturated carbocycles. The molecule has 4 rings (SSSR count). The lowest BCUT2D eigenvalue weighted by atomic mass is 10.1. The molecule has 1 saturated heterocycles. The Labute approximate surface area is 176 Å². The maximum absolute atomic E-state index is 14.6. The fourth-order valence-electron chi connectivity index (χ4n) is 3.56. The molecule has 2 aromatic carbocycles. The Hall–Kier alpha value is -3.00. The van der Waals surface area contributed by atoms with Crippen molar-refractivity contribution in [2.45, 2.75) is 12.5 Å². The molecule has 156 valence electrons. The Bertz CT molecular complexity index is 1120. The minimum absolute atomic E-state index is 0.0860. The van der Waals surface area contributed by atoms with Crippen LogP contribution < -0.4 is 10.2 Å². The monoisotopic (exact) mass is 434 g/mol. The summed E-state index contributed by atoms with van der Waals surface area (Å²) in [5.41, 5.74) is 1.36. The molecular formula is C21H18ClF3N4O. The van der Waals surface area contributed by atoms with Gasteiger partial charge in [-0.15, -0.1) is 0 Å². The van der Waals surface area contributed by atoms with Gasteiger partial charge in [0.1, 0.15) is 11.5 Å². The Morgan fingerprint density at radius 3 is 2.60 bits per heavy atom. The van der Waals surface area contributed by atoms with Crippen LogP contribution in [0.1, 0.15) is 16.8 Å². The predicted molar refractivity (Wildman–Crippen MR) is 108 cm³/mol. The van der Waals surface area contributed by atoms with E-state index in [9.17, 15) is 18.0 Å². The van der Waals surface area contributed by atoms with E-state index in [0.717, 1.165) is 12.1 Å². The summed E-state index contributed by atoms with van der Waals surface area (Å²) in [6.45, 7) is 0.982. The van der Waals surface area contributed by atoms with Gasteiger partial charge in [-0.1, -0.05) is 17.7 Å². The van der Waals surface area contributed by atoms with Gasteiger partial charge in [-0.25, -0.2) is 13.2 Å². The first-order chi connectivity index (χ1) is 14.3. The number of carbonyl (C=O) groups excluding carboxylic acids is 1. The second kappa shape index (κ2) is 8.02. The van der Waals surface area contributed by atoms with Gasteiger partial charge in [-0.3, -0.25) is 9.48 Å². The Kier molecular flexibility index (Phi) is 5.42. The van der Waals surface area contributed by atoms with Crippen molar-refractivity contribution in [3.05, 3.63) is 70.6 Å². The summed E-state index contributed by atoms with van der Waals surface area (Å²) < 4.78 is 42.7. The second-order valence-corrected chi connectivity index (χ2v) is 7.60. The highest BCUT2D eigenvalue weighted by molar-refractivity contribution is 6.33. The molecule has 5 nitrogen and oxygen atoms in total. The lowest BCUT2D eigenvalue weighted by Gasteiger charge is -2.19. The molecule has 2 heterocycles. The molecule has 1 amide bonds. The number of aryl methyl sites for hydroxylation is 1. The molecule has 1 fully saturated rings. The lowest BCUT2D eigenvalue weighted by Crippen LogP contribution is -2.37. The summed E-state index contributed by atoms with van der Waals surface area (Å²) in [6, 6.07) is 7.66. The molecule has 0 radical (unpaired) electrons. The van der Waals surface area contributed by atoms with Crippen molar-refractivity contribution in [3.63, 3.8) is 0 Å². The maximum Gasteiger partial charge on any atom is 0.254 e. The molecule has 0 aliphatic carbocycles. The zero-order valence-electron chi connectivity index (χ0n) is 16.0. The summed E-state index contributed by atoms with van der Waals surface area (Å²) in [5.74, 6) is -3.05. The smallest absolute Gasteiger partial charge is 0.254 e. The summed E-state index contributed by atoms with van der Waals surface area (Å²) in [7, 11) is 1.71. The number of benzene rings is 2. The van der Waals surface area contributed by atoms with Gasteiger partial charge >= 0.3 is 0 Å². The average Bonchev–Trinajstić information content (AvgIpc) is 3.29. The maximum atomic E-state index is 14.6. The molecule has 1 aliphatic rings. The van der Waals surface area contributed by atoms with E-state index in [1.807, 2.05) is 4.90 Å². The average molecular weight is 435 g/mol. The van der Waals surface area contributed by atoms with E-state index in [4.69, 9.17) is 11.6 Å². The zero-order valence-corrected chi connectivity index (χ0v) is 16.8. The lowest BCUT2D eigenvalue weighted by molar-refractivity contribution is 0.0936. The van der Waals surface area contributed by atoms with Gasteiger partial charge in [0, 0.05) is 49.7 Å². The van der Waals surface area contributed by atoms with Gasteiger partial charge in [0.2, 0.25) is 0 Å². The first-order valence-corrected chi connectivity index (χ1v) is 9.69. The number of carbonyl (C=O) groups is 1. The summed E-state index contributed by atoms with van der Waals surface area (Å²) >= 11 is 6.10. The number of rotatable bonds is 4. The quantitative estimate of drug-likeness (QED) is 0.670. The van der Waals surface area contributed by atoms with Gasteiger partial charge in [0.15, 0.2) is 11.6 Å². The molecule has 9 heteroatoms. The topological polar surface area (TPSA) is 50.2 Å². The fourth-order valence-corrected chi connectivity index (χ4v) is 3.85. The number of anilines is 1. The minimum atomic E-state index is -0.921. The van der Waals surface area contributed by atoms with Crippen molar-refractivity contribution in [3.8, 4) is 11.3 Å². The third kappa shape index (κ3) is 4.00. The molecular weight excluding hydrogens is 417 g/mol. The third-order valence-electron chi connectivity index (χ3n) is 5.06. The van der Waals surface area contributed by atoms with Crippen LogP contribution in [0.5, 0.6) is 0 Å². The molecule has 1 unspecified atom stereocenters. The molecule has 30 heavy (non-hydrogen) atoms. The number of nitrogens with one attached hydrogen (secondary N) is 1. The minimum Gasteiger partial charge on any atom is -0.369 e. The molecule has 1 atom stereocenters. The van der Waals surface area contributed by atoms with Crippen LogP contribution in [-0.4, -0.2) is 34.8 Å². The predicted octanol–water partition coefficient (Wildman–Crippen LogP) is 4.17. The molecule has 1 aromatic heterocycles. The van der Waals surface area contributed by atoms with Crippen molar-refractivity contribution in [1.29, 1.82) is 0 Å². The first-order valence-electron chi connectivity index (χ1n) is 9.32.